The van der Waals surface area contributed by atoms with Gasteiger partial charge in [-0.1, -0.05) is 0 Å². The molecule has 2 nitrogen and oxygen atoms in total. The molecule has 0 aliphatic rings. The summed E-state index contributed by atoms with van der Waals surface area (Å²) < 4.78 is 1.30. The highest BCUT2D eigenvalue weighted by Crippen LogP contribution is 2.34. The van der Waals surface area contributed by atoms with Crippen molar-refractivity contribution in [3.63, 3.8) is 0 Å². The van der Waals surface area contributed by atoms with Crippen LogP contribution < -0.4 is 5.73 Å². The molecule has 3 N–H and O–H groups in total. The third kappa shape index (κ3) is 1.27. The third-order valence-electron chi connectivity index (χ3n) is 1.11. The van der Waals surface area contributed by atoms with Crippen LogP contribution in [0.15, 0.2) is 21.1 Å². The number of anilines is 1. The first-order chi connectivity index (χ1) is 4.63. The highest BCUT2D eigenvalue weighted by atomic mass is 79.9. The number of aromatic hydroxyl groups is 1. The van der Waals surface area contributed by atoms with Crippen LogP contribution in [-0.4, -0.2) is 5.11 Å². The Morgan fingerprint density at radius 3 is 2.40 bits per heavy atom. The molecule has 0 aliphatic heterocycles. The Hall–Kier alpha value is -0.220. The summed E-state index contributed by atoms with van der Waals surface area (Å²) in [6.45, 7) is 0. The zero-order chi connectivity index (χ0) is 7.72. The van der Waals surface area contributed by atoms with Gasteiger partial charge in [0, 0.05) is 4.47 Å². The number of phenols is 1. The largest absolute Gasteiger partial charge is 0.507 e. The van der Waals surface area contributed by atoms with Gasteiger partial charge in [0.25, 0.3) is 0 Å². The van der Waals surface area contributed by atoms with E-state index in [9.17, 15) is 0 Å². The summed E-state index contributed by atoms with van der Waals surface area (Å²) in [5, 5.41) is 9.08. The van der Waals surface area contributed by atoms with Gasteiger partial charge in [-0.2, -0.15) is 0 Å². The van der Waals surface area contributed by atoms with E-state index in [1.165, 1.54) is 0 Å². The van der Waals surface area contributed by atoms with Crippen molar-refractivity contribution in [2.75, 3.05) is 5.73 Å². The Morgan fingerprint density at radius 2 is 1.90 bits per heavy atom. The molecule has 4 heteroatoms. The number of phenolic OH excluding ortho intramolecular Hbond substituents is 1. The summed E-state index contributed by atoms with van der Waals surface area (Å²) in [4.78, 5) is 0. The van der Waals surface area contributed by atoms with Crippen LogP contribution in [0.1, 0.15) is 0 Å². The van der Waals surface area contributed by atoms with Gasteiger partial charge in [-0.25, -0.2) is 0 Å². The standard InChI is InChI=1S/C6H5Br2NO/c7-3-1-2-4(10)5(8)6(3)9/h1-2,10H,9H2. The van der Waals surface area contributed by atoms with E-state index in [4.69, 9.17) is 10.8 Å². The lowest BCUT2D eigenvalue weighted by Gasteiger charge is -2.01. The number of nitrogens with two attached hydrogens (primary N) is 1. The molecule has 10 heavy (non-hydrogen) atoms. The second-order valence-electron chi connectivity index (χ2n) is 1.79. The maximum atomic E-state index is 9.08. The predicted molar refractivity (Wildman–Crippen MR) is 47.9 cm³/mol. The van der Waals surface area contributed by atoms with Gasteiger partial charge in [0.2, 0.25) is 0 Å². The van der Waals surface area contributed by atoms with Crippen molar-refractivity contribution < 1.29 is 5.11 Å². The molecule has 0 aliphatic carbocycles. The summed E-state index contributed by atoms with van der Waals surface area (Å²) in [6.07, 6.45) is 0. The zero-order valence-electron chi connectivity index (χ0n) is 4.94. The Kier molecular flexibility index (Phi) is 2.21. The molecule has 54 valence electrons. The lowest BCUT2D eigenvalue weighted by Crippen LogP contribution is -1.87. The molecule has 0 fully saturated rings. The van der Waals surface area contributed by atoms with E-state index in [1.54, 1.807) is 12.1 Å². The molecule has 0 unspecified atom stereocenters. The number of halogens is 2. The molecule has 1 rings (SSSR count). The SMILES string of the molecule is Nc1c(Br)ccc(O)c1Br. The van der Waals surface area contributed by atoms with Crippen LogP contribution in [-0.2, 0) is 0 Å². The summed E-state index contributed by atoms with van der Waals surface area (Å²) in [6, 6.07) is 3.25. The molecule has 0 aromatic heterocycles. The molecule has 0 saturated heterocycles. The Morgan fingerprint density at radius 1 is 1.30 bits per heavy atom. The number of hydrogen-bond acceptors (Lipinski definition) is 2. The van der Waals surface area contributed by atoms with E-state index in [2.05, 4.69) is 31.9 Å². The summed E-state index contributed by atoms with van der Waals surface area (Å²) in [5.74, 6) is 0.153. The first-order valence-electron chi connectivity index (χ1n) is 2.55. The monoisotopic (exact) mass is 265 g/mol. The molecule has 0 radical (unpaired) electrons. The van der Waals surface area contributed by atoms with E-state index in [-0.39, 0.29) is 5.75 Å². The highest BCUT2D eigenvalue weighted by Gasteiger charge is 2.03. The van der Waals surface area contributed by atoms with Crippen LogP contribution >= 0.6 is 31.9 Å². The molecule has 0 spiro atoms. The molecule has 0 saturated carbocycles. The van der Waals surface area contributed by atoms with Crippen LogP contribution in [0.2, 0.25) is 0 Å². The van der Waals surface area contributed by atoms with Crippen molar-refractivity contribution in [3.05, 3.63) is 21.1 Å². The predicted octanol–water partition coefficient (Wildman–Crippen LogP) is 2.50. The van der Waals surface area contributed by atoms with Crippen molar-refractivity contribution in [1.29, 1.82) is 0 Å². The molecule has 0 amide bonds. The van der Waals surface area contributed by atoms with Gasteiger partial charge in [0.05, 0.1) is 10.2 Å². The number of benzene rings is 1. The van der Waals surface area contributed by atoms with Crippen LogP contribution in [0, 0.1) is 0 Å². The van der Waals surface area contributed by atoms with E-state index in [1.807, 2.05) is 0 Å². The smallest absolute Gasteiger partial charge is 0.131 e. The fourth-order valence-corrected chi connectivity index (χ4v) is 1.50. The minimum absolute atomic E-state index is 0.153. The summed E-state index contributed by atoms with van der Waals surface area (Å²) in [5.41, 5.74) is 6.04. The van der Waals surface area contributed by atoms with Gasteiger partial charge < -0.3 is 10.8 Å². The van der Waals surface area contributed by atoms with Gasteiger partial charge in [0.15, 0.2) is 0 Å². The van der Waals surface area contributed by atoms with Gasteiger partial charge in [-0.3, -0.25) is 0 Å². The minimum atomic E-state index is 0.153. The maximum Gasteiger partial charge on any atom is 0.131 e. The van der Waals surface area contributed by atoms with Crippen molar-refractivity contribution in [3.8, 4) is 5.75 Å². The molecular formula is C6H5Br2NO. The van der Waals surface area contributed by atoms with E-state index >= 15 is 0 Å². The molecule has 0 heterocycles. The quantitative estimate of drug-likeness (QED) is 0.709. The summed E-state index contributed by atoms with van der Waals surface area (Å²) in [7, 11) is 0. The Bertz CT molecular complexity index is 235. The average molecular weight is 267 g/mol. The molecule has 0 atom stereocenters. The second-order valence-corrected chi connectivity index (χ2v) is 3.44. The second kappa shape index (κ2) is 2.80. The number of nitrogen functional groups attached to an aromatic ring is 1. The van der Waals surface area contributed by atoms with Crippen LogP contribution in [0.25, 0.3) is 0 Å². The third-order valence-corrected chi connectivity index (χ3v) is 2.63. The Labute approximate surface area is 75.3 Å². The van der Waals surface area contributed by atoms with Gasteiger partial charge >= 0.3 is 0 Å². The molecule has 1 aromatic carbocycles. The van der Waals surface area contributed by atoms with Gasteiger partial charge in [-0.05, 0) is 44.0 Å². The average Bonchev–Trinajstić information content (AvgIpc) is 1.93. The Balaban J connectivity index is 3.34. The summed E-state index contributed by atoms with van der Waals surface area (Å²) >= 11 is 6.34. The first kappa shape index (κ1) is 7.88. The maximum absolute atomic E-state index is 9.08. The van der Waals surface area contributed by atoms with Crippen LogP contribution in [0.4, 0.5) is 5.69 Å². The molecule has 1 aromatic rings. The van der Waals surface area contributed by atoms with Gasteiger partial charge in [-0.15, -0.1) is 0 Å². The fraction of sp³-hybridized carbons (Fsp3) is 0. The highest BCUT2D eigenvalue weighted by molar-refractivity contribution is 9.11. The van der Waals surface area contributed by atoms with E-state index in [0.717, 1.165) is 4.47 Å². The lowest BCUT2D eigenvalue weighted by molar-refractivity contribution is 0.472. The van der Waals surface area contributed by atoms with Crippen molar-refractivity contribution in [2.24, 2.45) is 0 Å². The van der Waals surface area contributed by atoms with Crippen molar-refractivity contribution in [1.82, 2.24) is 0 Å². The van der Waals surface area contributed by atoms with Crippen LogP contribution in [0.5, 0.6) is 5.75 Å². The molecule has 0 bridgehead atoms. The topological polar surface area (TPSA) is 46.2 Å². The van der Waals surface area contributed by atoms with Gasteiger partial charge in [0.1, 0.15) is 5.75 Å². The normalized spacial score (nSPS) is 9.80. The van der Waals surface area contributed by atoms with Crippen LogP contribution in [0.3, 0.4) is 0 Å². The zero-order valence-corrected chi connectivity index (χ0v) is 8.11. The minimum Gasteiger partial charge on any atom is -0.507 e. The van der Waals surface area contributed by atoms with Crippen molar-refractivity contribution in [2.45, 2.75) is 0 Å². The number of hydrogen-bond donors (Lipinski definition) is 2. The van der Waals surface area contributed by atoms with E-state index < -0.39 is 0 Å². The lowest BCUT2D eigenvalue weighted by atomic mass is 10.3. The van der Waals surface area contributed by atoms with E-state index in [0.29, 0.717) is 10.2 Å². The number of rotatable bonds is 0. The first-order valence-corrected chi connectivity index (χ1v) is 4.14. The fourth-order valence-electron chi connectivity index (χ4n) is 0.558. The van der Waals surface area contributed by atoms with Crippen molar-refractivity contribution >= 4 is 37.5 Å². The molecular weight excluding hydrogens is 262 g/mol.